The fourth-order valence-corrected chi connectivity index (χ4v) is 3.18. The molecule has 23 heavy (non-hydrogen) atoms. The SMILES string of the molecule is CCCCCCCCCC(=O)Nc1ccccc1CP(=O)(O)O. The van der Waals surface area contributed by atoms with Crippen molar-refractivity contribution in [2.24, 2.45) is 0 Å². The van der Waals surface area contributed by atoms with Gasteiger partial charge in [0, 0.05) is 12.1 Å². The summed E-state index contributed by atoms with van der Waals surface area (Å²) in [6, 6.07) is 6.75. The molecule has 0 heterocycles. The van der Waals surface area contributed by atoms with Gasteiger partial charge in [0.1, 0.15) is 0 Å². The predicted molar refractivity (Wildman–Crippen MR) is 93.4 cm³/mol. The number of amides is 1. The highest BCUT2D eigenvalue weighted by Crippen LogP contribution is 2.40. The summed E-state index contributed by atoms with van der Waals surface area (Å²) in [6.45, 7) is 2.19. The van der Waals surface area contributed by atoms with Gasteiger partial charge < -0.3 is 15.1 Å². The number of rotatable bonds is 11. The lowest BCUT2D eigenvalue weighted by Crippen LogP contribution is -2.12. The minimum Gasteiger partial charge on any atom is -0.326 e. The molecule has 1 aromatic rings. The average molecular weight is 341 g/mol. The average Bonchev–Trinajstić information content (AvgIpc) is 2.47. The first-order valence-electron chi connectivity index (χ1n) is 8.34. The molecule has 0 saturated carbocycles. The van der Waals surface area contributed by atoms with Crippen molar-refractivity contribution >= 4 is 19.2 Å². The smallest absolute Gasteiger partial charge is 0.326 e. The van der Waals surface area contributed by atoms with E-state index in [2.05, 4.69) is 12.2 Å². The second-order valence-electron chi connectivity index (χ2n) is 5.90. The van der Waals surface area contributed by atoms with Crippen molar-refractivity contribution < 1.29 is 19.1 Å². The minimum atomic E-state index is -4.15. The summed E-state index contributed by atoms with van der Waals surface area (Å²) in [5, 5.41) is 2.76. The third-order valence-electron chi connectivity index (χ3n) is 3.68. The first kappa shape index (κ1) is 19.9. The third-order valence-corrected chi connectivity index (χ3v) is 4.43. The molecule has 5 nitrogen and oxygen atoms in total. The van der Waals surface area contributed by atoms with Gasteiger partial charge in [0.05, 0.1) is 6.16 Å². The first-order chi connectivity index (χ1) is 10.9. The standard InChI is InChI=1S/C17H28NO4P/c1-2-3-4-5-6-7-8-13-17(19)18-16-12-10-9-11-15(16)14-23(20,21)22/h9-12H,2-8,13-14H2,1H3,(H,18,19)(H2,20,21,22). The van der Waals surface area contributed by atoms with E-state index in [4.69, 9.17) is 9.79 Å². The summed E-state index contributed by atoms with van der Waals surface area (Å²) in [4.78, 5) is 30.1. The van der Waals surface area contributed by atoms with Crippen molar-refractivity contribution in [3.8, 4) is 0 Å². The van der Waals surface area contributed by atoms with Crippen LogP contribution in [0.4, 0.5) is 5.69 Å². The van der Waals surface area contributed by atoms with Crippen molar-refractivity contribution in [2.75, 3.05) is 5.32 Å². The fourth-order valence-electron chi connectivity index (χ4n) is 2.46. The lowest BCUT2D eigenvalue weighted by Gasteiger charge is -2.11. The van der Waals surface area contributed by atoms with E-state index in [1.807, 2.05) is 0 Å². The Kier molecular flexibility index (Phi) is 9.15. The Bertz CT molecular complexity index is 527. The molecule has 0 bridgehead atoms. The number of unbranched alkanes of at least 4 members (excludes halogenated alkanes) is 6. The van der Waals surface area contributed by atoms with Crippen molar-refractivity contribution in [3.63, 3.8) is 0 Å². The van der Waals surface area contributed by atoms with Crippen LogP contribution in [0.3, 0.4) is 0 Å². The molecule has 0 aromatic heterocycles. The molecule has 0 saturated heterocycles. The van der Waals surface area contributed by atoms with E-state index < -0.39 is 7.60 Å². The van der Waals surface area contributed by atoms with Gasteiger partial charge in [-0.25, -0.2) is 0 Å². The van der Waals surface area contributed by atoms with Crippen molar-refractivity contribution in [3.05, 3.63) is 29.8 Å². The maximum atomic E-state index is 12.0. The highest BCUT2D eigenvalue weighted by molar-refractivity contribution is 7.50. The number of nitrogens with one attached hydrogen (secondary N) is 1. The molecule has 1 aromatic carbocycles. The van der Waals surface area contributed by atoms with Gasteiger partial charge >= 0.3 is 7.60 Å². The lowest BCUT2D eigenvalue weighted by atomic mass is 10.1. The fraction of sp³-hybridized carbons (Fsp3) is 0.588. The number of para-hydroxylation sites is 1. The normalized spacial score (nSPS) is 11.4. The Balaban J connectivity index is 2.36. The van der Waals surface area contributed by atoms with Crippen LogP contribution in [-0.2, 0) is 15.5 Å². The van der Waals surface area contributed by atoms with E-state index in [1.165, 1.54) is 25.7 Å². The number of carbonyl (C=O) groups is 1. The Morgan fingerprint density at radius 1 is 1.04 bits per heavy atom. The second-order valence-corrected chi connectivity index (χ2v) is 7.55. The molecule has 6 heteroatoms. The zero-order chi connectivity index (χ0) is 17.1. The summed E-state index contributed by atoms with van der Waals surface area (Å²) >= 11 is 0. The summed E-state index contributed by atoms with van der Waals surface area (Å²) in [7, 11) is -4.15. The molecule has 0 radical (unpaired) electrons. The zero-order valence-corrected chi connectivity index (χ0v) is 14.7. The van der Waals surface area contributed by atoms with Gasteiger partial charge in [-0.3, -0.25) is 9.36 Å². The van der Waals surface area contributed by atoms with Crippen molar-refractivity contribution in [2.45, 2.75) is 64.5 Å². The molecule has 0 spiro atoms. The van der Waals surface area contributed by atoms with Crippen LogP contribution in [0.15, 0.2) is 24.3 Å². The van der Waals surface area contributed by atoms with Crippen LogP contribution in [0.1, 0.15) is 63.9 Å². The van der Waals surface area contributed by atoms with Crippen LogP contribution in [-0.4, -0.2) is 15.7 Å². The lowest BCUT2D eigenvalue weighted by molar-refractivity contribution is -0.116. The maximum Gasteiger partial charge on any atom is 0.329 e. The topological polar surface area (TPSA) is 86.6 Å². The summed E-state index contributed by atoms with van der Waals surface area (Å²) in [5.74, 6) is -0.100. The van der Waals surface area contributed by atoms with Crippen LogP contribution in [0.2, 0.25) is 0 Å². The number of hydrogen-bond donors (Lipinski definition) is 3. The number of hydrogen-bond acceptors (Lipinski definition) is 2. The molecule has 0 aliphatic rings. The Labute approximate surface area is 138 Å². The first-order valence-corrected chi connectivity index (χ1v) is 10.1. The number of carbonyl (C=O) groups excluding carboxylic acids is 1. The molecule has 0 fully saturated rings. The van der Waals surface area contributed by atoms with E-state index in [-0.39, 0.29) is 12.1 Å². The molecule has 0 aliphatic carbocycles. The molecule has 0 aliphatic heterocycles. The minimum absolute atomic E-state index is 0.100. The Morgan fingerprint density at radius 3 is 2.30 bits per heavy atom. The van der Waals surface area contributed by atoms with Gasteiger partial charge in [0.2, 0.25) is 5.91 Å². The quantitative estimate of drug-likeness (QED) is 0.410. The Morgan fingerprint density at radius 2 is 1.65 bits per heavy atom. The zero-order valence-electron chi connectivity index (χ0n) is 13.8. The van der Waals surface area contributed by atoms with Gasteiger partial charge in [-0.15, -0.1) is 0 Å². The summed E-state index contributed by atoms with van der Waals surface area (Å²) in [5.41, 5.74) is 0.956. The van der Waals surface area contributed by atoms with E-state index in [9.17, 15) is 9.36 Å². The molecule has 0 atom stereocenters. The van der Waals surface area contributed by atoms with E-state index in [0.29, 0.717) is 17.7 Å². The predicted octanol–water partition coefficient (Wildman–Crippen LogP) is 4.44. The van der Waals surface area contributed by atoms with Crippen molar-refractivity contribution in [1.82, 2.24) is 0 Å². The highest BCUT2D eigenvalue weighted by Gasteiger charge is 2.17. The van der Waals surface area contributed by atoms with Crippen LogP contribution in [0.5, 0.6) is 0 Å². The highest BCUT2D eigenvalue weighted by atomic mass is 31.2. The molecule has 0 unspecified atom stereocenters. The monoisotopic (exact) mass is 341 g/mol. The van der Waals surface area contributed by atoms with Crippen LogP contribution in [0.25, 0.3) is 0 Å². The van der Waals surface area contributed by atoms with Crippen LogP contribution >= 0.6 is 7.60 Å². The maximum absolute atomic E-state index is 12.0. The van der Waals surface area contributed by atoms with E-state index in [0.717, 1.165) is 19.3 Å². The third kappa shape index (κ3) is 9.54. The summed E-state index contributed by atoms with van der Waals surface area (Å²) in [6.07, 6.45) is 8.12. The van der Waals surface area contributed by atoms with E-state index in [1.54, 1.807) is 24.3 Å². The van der Waals surface area contributed by atoms with Crippen molar-refractivity contribution in [1.29, 1.82) is 0 Å². The van der Waals surface area contributed by atoms with E-state index >= 15 is 0 Å². The number of benzene rings is 1. The van der Waals surface area contributed by atoms with Gasteiger partial charge in [-0.05, 0) is 18.1 Å². The van der Waals surface area contributed by atoms with Crippen LogP contribution in [0, 0.1) is 0 Å². The van der Waals surface area contributed by atoms with Gasteiger partial charge in [0.25, 0.3) is 0 Å². The van der Waals surface area contributed by atoms with Gasteiger partial charge in [-0.1, -0.05) is 63.6 Å². The van der Waals surface area contributed by atoms with Gasteiger partial charge in [-0.2, -0.15) is 0 Å². The molecule has 1 rings (SSSR count). The largest absolute Gasteiger partial charge is 0.329 e. The molecular formula is C17H28NO4P. The molecule has 1 amide bonds. The Hall–Kier alpha value is -1.16. The molecule has 3 N–H and O–H groups in total. The van der Waals surface area contributed by atoms with Crippen LogP contribution < -0.4 is 5.32 Å². The number of anilines is 1. The molecular weight excluding hydrogens is 313 g/mol. The van der Waals surface area contributed by atoms with Gasteiger partial charge in [0.15, 0.2) is 0 Å². The summed E-state index contributed by atoms with van der Waals surface area (Å²) < 4.78 is 11.1. The molecule has 130 valence electrons. The second kappa shape index (κ2) is 10.6.